The molecule has 2 rings (SSSR count). The van der Waals surface area contributed by atoms with Crippen molar-refractivity contribution < 1.29 is 8.42 Å². The third-order valence-corrected chi connectivity index (χ3v) is 4.67. The number of piperazine rings is 1. The van der Waals surface area contributed by atoms with E-state index in [1.807, 2.05) is 12.1 Å². The Labute approximate surface area is 109 Å². The van der Waals surface area contributed by atoms with Gasteiger partial charge in [0.05, 0.1) is 4.90 Å². The first-order valence-electron chi connectivity index (χ1n) is 6.07. The summed E-state index contributed by atoms with van der Waals surface area (Å²) >= 11 is 0. The zero-order chi connectivity index (χ0) is 13.3. The molecule has 18 heavy (non-hydrogen) atoms. The summed E-state index contributed by atoms with van der Waals surface area (Å²) in [5.74, 6) is 0. The molecule has 0 radical (unpaired) electrons. The molecule has 1 aromatic rings. The van der Waals surface area contributed by atoms with Crippen molar-refractivity contribution in [1.29, 1.82) is 0 Å². The van der Waals surface area contributed by atoms with Crippen molar-refractivity contribution in [2.45, 2.75) is 10.9 Å². The Morgan fingerprint density at radius 3 is 2.28 bits per heavy atom. The van der Waals surface area contributed by atoms with Crippen LogP contribution in [0, 0.1) is 0 Å². The minimum atomic E-state index is -3.10. The molecule has 1 aromatic carbocycles. The molecule has 1 atom stereocenters. The molecule has 0 bridgehead atoms. The molecule has 4 nitrogen and oxygen atoms in total. The van der Waals surface area contributed by atoms with E-state index in [0.717, 1.165) is 19.6 Å². The van der Waals surface area contributed by atoms with Crippen LogP contribution in [-0.4, -0.2) is 58.2 Å². The van der Waals surface area contributed by atoms with E-state index < -0.39 is 9.84 Å². The molecule has 1 heterocycles. The second-order valence-corrected chi connectivity index (χ2v) is 7.12. The van der Waals surface area contributed by atoms with E-state index in [4.69, 9.17) is 0 Å². The van der Waals surface area contributed by atoms with Crippen molar-refractivity contribution in [3.8, 4) is 0 Å². The molecule has 0 amide bonds. The summed E-state index contributed by atoms with van der Waals surface area (Å²) in [6, 6.07) is 7.60. The summed E-state index contributed by atoms with van der Waals surface area (Å²) in [7, 11) is 1.13. The number of hydrogen-bond donors (Lipinski definition) is 0. The smallest absolute Gasteiger partial charge is 0.175 e. The van der Waals surface area contributed by atoms with Crippen LogP contribution in [0.1, 0.15) is 11.6 Å². The monoisotopic (exact) mass is 268 g/mol. The van der Waals surface area contributed by atoms with Gasteiger partial charge in [0, 0.05) is 31.9 Å². The summed E-state index contributed by atoms with van der Waals surface area (Å²) in [6.07, 6.45) is 1.24. The van der Waals surface area contributed by atoms with Crippen molar-refractivity contribution in [1.82, 2.24) is 9.80 Å². The van der Waals surface area contributed by atoms with Crippen LogP contribution in [-0.2, 0) is 9.84 Å². The molecule has 1 fully saturated rings. The maximum Gasteiger partial charge on any atom is 0.175 e. The van der Waals surface area contributed by atoms with Crippen molar-refractivity contribution >= 4 is 9.84 Å². The normalized spacial score (nSPS) is 23.2. The molecule has 5 heteroatoms. The third-order valence-electron chi connectivity index (χ3n) is 3.54. The molecule has 0 aromatic heterocycles. The fourth-order valence-electron chi connectivity index (χ4n) is 2.31. The van der Waals surface area contributed by atoms with Crippen LogP contribution < -0.4 is 0 Å². The largest absolute Gasteiger partial charge is 0.303 e. The fraction of sp³-hybridized carbons (Fsp3) is 0.538. The lowest BCUT2D eigenvalue weighted by Gasteiger charge is -2.38. The lowest BCUT2D eigenvalue weighted by atomic mass is 10.0. The Balaban J connectivity index is 2.23. The molecule has 1 unspecified atom stereocenters. The third kappa shape index (κ3) is 2.91. The molecule has 0 saturated carbocycles. The van der Waals surface area contributed by atoms with Gasteiger partial charge in [-0.3, -0.25) is 4.90 Å². The predicted molar refractivity (Wildman–Crippen MR) is 72.4 cm³/mol. The Morgan fingerprint density at radius 1 is 1.11 bits per heavy atom. The van der Waals surface area contributed by atoms with Crippen molar-refractivity contribution in [3.63, 3.8) is 0 Å². The Kier molecular flexibility index (Phi) is 3.75. The maximum atomic E-state index is 11.4. The van der Waals surface area contributed by atoms with E-state index in [1.165, 1.54) is 11.8 Å². The Morgan fingerprint density at radius 2 is 1.72 bits per heavy atom. The van der Waals surface area contributed by atoms with Crippen LogP contribution >= 0.6 is 0 Å². The SMILES string of the molecule is CN1CCN(C)C(c2ccc(S(C)(=O)=O)cc2)C1. The van der Waals surface area contributed by atoms with Crippen molar-refractivity contribution in [3.05, 3.63) is 29.8 Å². The molecule has 0 N–H and O–H groups in total. The van der Waals surface area contributed by atoms with Crippen molar-refractivity contribution in [2.75, 3.05) is 40.0 Å². The Hall–Kier alpha value is -0.910. The highest BCUT2D eigenvalue weighted by Crippen LogP contribution is 2.24. The van der Waals surface area contributed by atoms with Crippen LogP contribution in [0.2, 0.25) is 0 Å². The molecular formula is C13H20N2O2S. The van der Waals surface area contributed by atoms with E-state index in [-0.39, 0.29) is 0 Å². The van der Waals surface area contributed by atoms with Crippen LogP contribution in [0.15, 0.2) is 29.2 Å². The summed E-state index contributed by atoms with van der Waals surface area (Å²) in [5, 5.41) is 0. The van der Waals surface area contributed by atoms with E-state index in [2.05, 4.69) is 23.9 Å². The minimum absolute atomic E-state index is 0.345. The summed E-state index contributed by atoms with van der Waals surface area (Å²) in [4.78, 5) is 5.00. The molecule has 1 aliphatic heterocycles. The van der Waals surface area contributed by atoms with Gasteiger partial charge in [0.2, 0.25) is 0 Å². The minimum Gasteiger partial charge on any atom is -0.303 e. The highest BCUT2D eigenvalue weighted by atomic mass is 32.2. The fourth-order valence-corrected chi connectivity index (χ4v) is 2.94. The van der Waals surface area contributed by atoms with Crippen LogP contribution in [0.3, 0.4) is 0 Å². The van der Waals surface area contributed by atoms with Gasteiger partial charge < -0.3 is 4.90 Å². The van der Waals surface area contributed by atoms with Gasteiger partial charge >= 0.3 is 0 Å². The number of rotatable bonds is 2. The van der Waals surface area contributed by atoms with Gasteiger partial charge in [-0.25, -0.2) is 8.42 Å². The number of benzene rings is 1. The molecule has 0 aliphatic carbocycles. The summed E-state index contributed by atoms with van der Waals surface area (Å²) in [6.45, 7) is 3.10. The lowest BCUT2D eigenvalue weighted by molar-refractivity contribution is 0.115. The number of sulfone groups is 1. The van der Waals surface area contributed by atoms with E-state index in [1.54, 1.807) is 12.1 Å². The van der Waals surface area contributed by atoms with E-state index in [0.29, 0.717) is 10.9 Å². The quantitative estimate of drug-likeness (QED) is 0.802. The van der Waals surface area contributed by atoms with Gasteiger partial charge in [-0.2, -0.15) is 0 Å². The number of likely N-dealkylation sites (N-methyl/N-ethyl adjacent to an activating group) is 2. The first-order valence-corrected chi connectivity index (χ1v) is 7.96. The van der Waals surface area contributed by atoms with Gasteiger partial charge in [0.1, 0.15) is 0 Å². The average Bonchev–Trinajstić information content (AvgIpc) is 2.31. The highest BCUT2D eigenvalue weighted by Gasteiger charge is 2.23. The van der Waals surface area contributed by atoms with Gasteiger partial charge in [-0.05, 0) is 31.8 Å². The van der Waals surface area contributed by atoms with Crippen LogP contribution in [0.4, 0.5) is 0 Å². The van der Waals surface area contributed by atoms with Gasteiger partial charge in [0.15, 0.2) is 9.84 Å². The van der Waals surface area contributed by atoms with Crippen LogP contribution in [0.25, 0.3) is 0 Å². The predicted octanol–water partition coefficient (Wildman–Crippen LogP) is 1.01. The van der Waals surface area contributed by atoms with Crippen molar-refractivity contribution in [2.24, 2.45) is 0 Å². The lowest BCUT2D eigenvalue weighted by Crippen LogP contribution is -2.44. The first kappa shape index (κ1) is 13.5. The molecule has 1 aliphatic rings. The van der Waals surface area contributed by atoms with E-state index >= 15 is 0 Å². The maximum absolute atomic E-state index is 11.4. The molecule has 100 valence electrons. The highest BCUT2D eigenvalue weighted by molar-refractivity contribution is 7.90. The number of nitrogens with zero attached hydrogens (tertiary/aromatic N) is 2. The van der Waals surface area contributed by atoms with Gasteiger partial charge in [-0.1, -0.05) is 12.1 Å². The second-order valence-electron chi connectivity index (χ2n) is 5.10. The topological polar surface area (TPSA) is 40.6 Å². The Bertz CT molecular complexity index is 510. The summed E-state index contributed by atoms with van der Waals surface area (Å²) in [5.41, 5.74) is 1.18. The summed E-state index contributed by atoms with van der Waals surface area (Å²) < 4.78 is 22.8. The standard InChI is InChI=1S/C13H20N2O2S/c1-14-8-9-15(2)13(10-14)11-4-6-12(7-5-11)18(3,16)17/h4-7,13H,8-10H2,1-3H3. The van der Waals surface area contributed by atoms with Gasteiger partial charge in [-0.15, -0.1) is 0 Å². The van der Waals surface area contributed by atoms with Crippen LogP contribution in [0.5, 0.6) is 0 Å². The first-order chi connectivity index (χ1) is 8.38. The molecule has 1 saturated heterocycles. The van der Waals surface area contributed by atoms with Gasteiger partial charge in [0.25, 0.3) is 0 Å². The second kappa shape index (κ2) is 4.99. The van der Waals surface area contributed by atoms with E-state index in [9.17, 15) is 8.42 Å². The molecule has 0 spiro atoms. The average molecular weight is 268 g/mol. The zero-order valence-electron chi connectivity index (χ0n) is 11.1. The molecular weight excluding hydrogens is 248 g/mol. The zero-order valence-corrected chi connectivity index (χ0v) is 11.9. The number of hydrogen-bond acceptors (Lipinski definition) is 4.